The van der Waals surface area contributed by atoms with Crippen LogP contribution in [0.5, 0.6) is 0 Å². The lowest BCUT2D eigenvalue weighted by molar-refractivity contribution is 0.986. The molecule has 0 nitrogen and oxygen atoms in total. The molecule has 0 bridgehead atoms. The molecule has 0 unspecified atom stereocenters. The maximum Gasteiger partial charge on any atom is -0.00199 e. The van der Waals surface area contributed by atoms with Crippen molar-refractivity contribution >= 4 is 38.4 Å². The first kappa shape index (κ1) is 28.5. The molecule has 228 valence electrons. The summed E-state index contributed by atoms with van der Waals surface area (Å²) in [7, 11) is 0. The minimum Gasteiger partial charge on any atom is -0.0836 e. The molecule has 0 aromatic heterocycles. The third-order valence-corrected chi connectivity index (χ3v) is 10.3. The van der Waals surface area contributed by atoms with Crippen LogP contribution in [0.2, 0.25) is 0 Å². The molecule has 0 atom stereocenters. The molecule has 0 saturated heterocycles. The predicted molar refractivity (Wildman–Crippen MR) is 208 cm³/mol. The average Bonchev–Trinajstić information content (AvgIpc) is 3.14. The number of allylic oxidation sites excluding steroid dienone is 1. The van der Waals surface area contributed by atoms with Crippen LogP contribution in [0, 0.1) is 13.8 Å². The fourth-order valence-electron chi connectivity index (χ4n) is 7.86. The Hall–Kier alpha value is -5.72. The van der Waals surface area contributed by atoms with Crippen molar-refractivity contribution in [2.75, 3.05) is 0 Å². The van der Waals surface area contributed by atoms with Crippen molar-refractivity contribution in [3.05, 3.63) is 174 Å². The van der Waals surface area contributed by atoms with Gasteiger partial charge in [-0.2, -0.15) is 0 Å². The molecule has 0 heterocycles. The van der Waals surface area contributed by atoms with Gasteiger partial charge in [-0.1, -0.05) is 145 Å². The van der Waals surface area contributed by atoms with Gasteiger partial charge in [0.1, 0.15) is 0 Å². The van der Waals surface area contributed by atoms with E-state index in [1.54, 1.807) is 0 Å². The van der Waals surface area contributed by atoms with E-state index in [2.05, 4.69) is 172 Å². The van der Waals surface area contributed by atoms with Gasteiger partial charge in [0, 0.05) is 0 Å². The Morgan fingerprint density at radius 1 is 0.438 bits per heavy atom. The molecule has 9 rings (SSSR count). The number of benzene rings is 8. The van der Waals surface area contributed by atoms with Gasteiger partial charge in [0.25, 0.3) is 0 Å². The SMILES string of the molecule is Cc1ccc(C)c(-c2c3ccccc3c(-c3cc(-c4ccc(-c5ccc6c(c5)C=CCC6)cc4)cc4ccccc34)c3ccccc23)c1. The highest BCUT2D eigenvalue weighted by atomic mass is 14.2. The predicted octanol–water partition coefficient (Wildman–Crippen LogP) is 13.4. The van der Waals surface area contributed by atoms with Gasteiger partial charge in [0.05, 0.1) is 0 Å². The summed E-state index contributed by atoms with van der Waals surface area (Å²) in [4.78, 5) is 0. The van der Waals surface area contributed by atoms with Gasteiger partial charge < -0.3 is 0 Å². The van der Waals surface area contributed by atoms with Gasteiger partial charge in [0.15, 0.2) is 0 Å². The van der Waals surface area contributed by atoms with Crippen LogP contribution in [-0.2, 0) is 6.42 Å². The number of aryl methyl sites for hydroxylation is 3. The van der Waals surface area contributed by atoms with Crippen LogP contribution in [0.3, 0.4) is 0 Å². The lowest BCUT2D eigenvalue weighted by atomic mass is 9.83. The normalized spacial score (nSPS) is 12.5. The number of hydrogen-bond donors (Lipinski definition) is 0. The fraction of sp³-hybridized carbons (Fsp3) is 0.0833. The minimum absolute atomic E-state index is 1.13. The summed E-state index contributed by atoms with van der Waals surface area (Å²) >= 11 is 0. The van der Waals surface area contributed by atoms with Crippen molar-refractivity contribution in [2.45, 2.75) is 26.7 Å². The minimum atomic E-state index is 1.13. The van der Waals surface area contributed by atoms with E-state index in [0.29, 0.717) is 0 Å². The van der Waals surface area contributed by atoms with E-state index in [1.165, 1.54) is 99.1 Å². The summed E-state index contributed by atoms with van der Waals surface area (Å²) in [6.45, 7) is 4.42. The zero-order valence-electron chi connectivity index (χ0n) is 27.4. The average molecular weight is 613 g/mol. The van der Waals surface area contributed by atoms with Gasteiger partial charge >= 0.3 is 0 Å². The maximum atomic E-state index is 2.42. The van der Waals surface area contributed by atoms with Crippen molar-refractivity contribution < 1.29 is 0 Å². The van der Waals surface area contributed by atoms with Crippen LogP contribution in [0.25, 0.3) is 82.9 Å². The van der Waals surface area contributed by atoms with Crippen molar-refractivity contribution in [2.24, 2.45) is 0 Å². The second kappa shape index (κ2) is 11.5. The number of hydrogen-bond acceptors (Lipinski definition) is 0. The third kappa shape index (κ3) is 4.76. The first-order valence-corrected chi connectivity index (χ1v) is 17.1. The van der Waals surface area contributed by atoms with E-state index >= 15 is 0 Å². The summed E-state index contributed by atoms with van der Waals surface area (Å²) in [5.41, 5.74) is 15.6. The van der Waals surface area contributed by atoms with Crippen LogP contribution in [0.1, 0.15) is 28.7 Å². The fourth-order valence-corrected chi connectivity index (χ4v) is 7.86. The molecule has 8 aromatic rings. The van der Waals surface area contributed by atoms with Crippen molar-refractivity contribution in [3.8, 4) is 44.5 Å². The molecule has 0 fully saturated rings. The number of fused-ring (bicyclic) bond motifs is 4. The van der Waals surface area contributed by atoms with Crippen molar-refractivity contribution in [3.63, 3.8) is 0 Å². The molecule has 0 spiro atoms. The van der Waals surface area contributed by atoms with Crippen LogP contribution in [0.15, 0.2) is 152 Å². The van der Waals surface area contributed by atoms with Gasteiger partial charge in [-0.25, -0.2) is 0 Å². The van der Waals surface area contributed by atoms with E-state index in [9.17, 15) is 0 Å². The molecular formula is C48H36. The molecule has 8 aromatic carbocycles. The Bertz CT molecular complexity index is 2500. The Balaban J connectivity index is 1.26. The molecule has 1 aliphatic carbocycles. The summed E-state index contributed by atoms with van der Waals surface area (Å²) in [5.74, 6) is 0. The molecule has 0 heteroatoms. The van der Waals surface area contributed by atoms with E-state index in [0.717, 1.165) is 12.8 Å². The topological polar surface area (TPSA) is 0 Å². The second-order valence-corrected chi connectivity index (χ2v) is 13.3. The molecule has 0 radical (unpaired) electrons. The van der Waals surface area contributed by atoms with Crippen LogP contribution in [0.4, 0.5) is 0 Å². The van der Waals surface area contributed by atoms with Crippen LogP contribution in [-0.4, -0.2) is 0 Å². The van der Waals surface area contributed by atoms with E-state index < -0.39 is 0 Å². The zero-order chi connectivity index (χ0) is 32.2. The molecule has 1 aliphatic rings. The number of rotatable bonds is 4. The molecule has 48 heavy (non-hydrogen) atoms. The zero-order valence-corrected chi connectivity index (χ0v) is 27.4. The lowest BCUT2D eigenvalue weighted by Gasteiger charge is -2.20. The highest BCUT2D eigenvalue weighted by Gasteiger charge is 2.20. The molecule has 0 aliphatic heterocycles. The van der Waals surface area contributed by atoms with Crippen LogP contribution >= 0.6 is 0 Å². The summed E-state index contributed by atoms with van der Waals surface area (Å²) < 4.78 is 0. The van der Waals surface area contributed by atoms with E-state index in [-0.39, 0.29) is 0 Å². The van der Waals surface area contributed by atoms with Crippen molar-refractivity contribution in [1.29, 1.82) is 0 Å². The molecule has 0 N–H and O–H groups in total. The van der Waals surface area contributed by atoms with Gasteiger partial charge in [-0.3, -0.25) is 0 Å². The summed E-state index contributed by atoms with van der Waals surface area (Å²) in [6, 6.07) is 54.5. The third-order valence-electron chi connectivity index (χ3n) is 10.3. The molecule has 0 saturated carbocycles. The Morgan fingerprint density at radius 3 is 1.71 bits per heavy atom. The quantitative estimate of drug-likeness (QED) is 0.173. The van der Waals surface area contributed by atoms with Gasteiger partial charge in [-0.15, -0.1) is 0 Å². The van der Waals surface area contributed by atoms with Gasteiger partial charge in [0.2, 0.25) is 0 Å². The second-order valence-electron chi connectivity index (χ2n) is 13.3. The highest BCUT2D eigenvalue weighted by Crippen LogP contribution is 2.47. The first-order chi connectivity index (χ1) is 23.6. The van der Waals surface area contributed by atoms with E-state index in [4.69, 9.17) is 0 Å². The van der Waals surface area contributed by atoms with Crippen molar-refractivity contribution in [1.82, 2.24) is 0 Å². The van der Waals surface area contributed by atoms with Crippen LogP contribution < -0.4 is 0 Å². The summed E-state index contributed by atoms with van der Waals surface area (Å²) in [6.07, 6.45) is 6.83. The Morgan fingerprint density at radius 2 is 1.02 bits per heavy atom. The largest absolute Gasteiger partial charge is 0.0836 e. The molecule has 0 amide bonds. The lowest BCUT2D eigenvalue weighted by Crippen LogP contribution is -1.94. The van der Waals surface area contributed by atoms with E-state index in [1.807, 2.05) is 0 Å². The Labute approximate surface area is 282 Å². The first-order valence-electron chi connectivity index (χ1n) is 17.1. The molecular weight excluding hydrogens is 577 g/mol. The summed E-state index contributed by atoms with van der Waals surface area (Å²) in [5, 5.41) is 7.67. The monoisotopic (exact) mass is 612 g/mol. The van der Waals surface area contributed by atoms with Gasteiger partial charge in [-0.05, 0) is 138 Å². The smallest absolute Gasteiger partial charge is 0.00199 e. The standard InChI is InChI=1S/C48H36/c1-31-19-20-32(2)45(27-31)47-41-15-7-9-17-43(41)48(44-18-10-8-16-42(44)47)46-30-39(29-38-13-5-6-14-40(38)46)35-23-21-34(22-24-35)37-26-25-33-11-3-4-12-36(33)28-37/h4-10,12-30H,3,11H2,1-2H3. The Kier molecular flexibility index (Phi) is 6.83. The maximum absolute atomic E-state index is 2.42. The highest BCUT2D eigenvalue weighted by molar-refractivity contribution is 6.24.